The molecule has 0 spiro atoms. The molecule has 0 fully saturated rings. The normalized spacial score (nSPS) is 13.4. The zero-order chi connectivity index (χ0) is 13.5. The maximum Gasteiger partial charge on any atom is 0.217 e. The Morgan fingerprint density at radius 2 is 2.28 bits per heavy atom. The van der Waals surface area contributed by atoms with Crippen molar-refractivity contribution in [2.45, 2.75) is 25.9 Å². The number of carbonyl (C=O) groups excluding carboxylic acids is 1. The Labute approximate surface area is 106 Å². The van der Waals surface area contributed by atoms with Crippen LogP contribution in [-0.2, 0) is 4.79 Å². The van der Waals surface area contributed by atoms with Crippen LogP contribution in [0.25, 0.3) is 0 Å². The highest BCUT2D eigenvalue weighted by molar-refractivity contribution is 5.73. The number of phenols is 1. The second kappa shape index (κ2) is 6.62. The third-order valence-electron chi connectivity index (χ3n) is 2.41. The second-order valence-electron chi connectivity index (χ2n) is 4.17. The Morgan fingerprint density at radius 3 is 2.83 bits per heavy atom. The molecule has 5 heteroatoms. The second-order valence-corrected chi connectivity index (χ2v) is 4.17. The van der Waals surface area contributed by atoms with Crippen LogP contribution in [0.2, 0.25) is 0 Å². The number of nitrogens with one attached hydrogen (secondary N) is 2. The smallest absolute Gasteiger partial charge is 0.217 e. The van der Waals surface area contributed by atoms with Crippen LogP contribution in [-0.4, -0.2) is 23.6 Å². The van der Waals surface area contributed by atoms with Crippen LogP contribution < -0.4 is 10.6 Å². The van der Waals surface area contributed by atoms with Crippen LogP contribution in [0.3, 0.4) is 0 Å². The average molecular weight is 247 g/mol. The molecule has 0 aromatic heterocycles. The number of phenolic OH excluding ortho intramolecular Hbond substituents is 1. The summed E-state index contributed by atoms with van der Waals surface area (Å²) in [5.41, 5.74) is 0.701. The van der Waals surface area contributed by atoms with Crippen LogP contribution in [0.4, 0.5) is 0 Å². The summed E-state index contributed by atoms with van der Waals surface area (Å²) >= 11 is 0. The number of hydrogen-bond donors (Lipinski definition) is 3. The molecule has 1 amide bonds. The maximum absolute atomic E-state index is 10.8. The fourth-order valence-corrected chi connectivity index (χ4v) is 1.64. The molecule has 2 unspecified atom stereocenters. The van der Waals surface area contributed by atoms with Crippen molar-refractivity contribution in [1.82, 2.24) is 10.6 Å². The van der Waals surface area contributed by atoms with E-state index >= 15 is 0 Å². The highest BCUT2D eigenvalue weighted by atomic mass is 16.3. The minimum Gasteiger partial charge on any atom is -0.508 e. The van der Waals surface area contributed by atoms with E-state index < -0.39 is 6.04 Å². The lowest BCUT2D eigenvalue weighted by Gasteiger charge is -2.17. The van der Waals surface area contributed by atoms with Gasteiger partial charge in [-0.2, -0.15) is 5.26 Å². The first-order chi connectivity index (χ1) is 8.52. The highest BCUT2D eigenvalue weighted by Crippen LogP contribution is 2.17. The monoisotopic (exact) mass is 247 g/mol. The number of hydrogen-bond acceptors (Lipinski definition) is 4. The lowest BCUT2D eigenvalue weighted by molar-refractivity contribution is -0.119. The number of nitriles is 1. The van der Waals surface area contributed by atoms with Gasteiger partial charge in [-0.1, -0.05) is 12.1 Å². The Bertz CT molecular complexity index is 454. The molecule has 1 aromatic rings. The highest BCUT2D eigenvalue weighted by Gasteiger charge is 2.12. The summed E-state index contributed by atoms with van der Waals surface area (Å²) in [6.45, 7) is 3.78. The Hall–Kier alpha value is -2.06. The van der Waals surface area contributed by atoms with Gasteiger partial charge in [0.1, 0.15) is 11.8 Å². The van der Waals surface area contributed by atoms with Gasteiger partial charge in [0.25, 0.3) is 0 Å². The fraction of sp³-hybridized carbons (Fsp3) is 0.385. The Balaban J connectivity index is 2.58. The first-order valence-corrected chi connectivity index (χ1v) is 5.72. The van der Waals surface area contributed by atoms with E-state index in [9.17, 15) is 9.90 Å². The van der Waals surface area contributed by atoms with Crippen molar-refractivity contribution < 1.29 is 9.90 Å². The molecule has 0 heterocycles. The van der Waals surface area contributed by atoms with E-state index in [0.717, 1.165) is 0 Å². The summed E-state index contributed by atoms with van der Waals surface area (Å²) < 4.78 is 0. The van der Waals surface area contributed by atoms with E-state index in [0.29, 0.717) is 12.1 Å². The van der Waals surface area contributed by atoms with Crippen molar-refractivity contribution in [1.29, 1.82) is 5.26 Å². The van der Waals surface area contributed by atoms with Crippen molar-refractivity contribution in [3.8, 4) is 11.8 Å². The van der Waals surface area contributed by atoms with E-state index in [1.54, 1.807) is 24.3 Å². The summed E-state index contributed by atoms with van der Waals surface area (Å²) in [5, 5.41) is 24.2. The zero-order valence-electron chi connectivity index (χ0n) is 10.5. The van der Waals surface area contributed by atoms with Crippen molar-refractivity contribution in [2.75, 3.05) is 6.54 Å². The van der Waals surface area contributed by atoms with Gasteiger partial charge in [-0.25, -0.2) is 0 Å². The minimum atomic E-state index is -0.506. The largest absolute Gasteiger partial charge is 0.508 e. The quantitative estimate of drug-likeness (QED) is 0.726. The first kappa shape index (κ1) is 14.0. The number of carbonyl (C=O) groups is 1. The number of amides is 1. The molecule has 0 saturated heterocycles. The van der Waals surface area contributed by atoms with Crippen LogP contribution in [0, 0.1) is 11.3 Å². The standard InChI is InChI=1S/C13H17N3O2/c1-9(16-10(2)17)8-15-13(7-14)11-4-3-5-12(18)6-11/h3-6,9,13,15,18H,8H2,1-2H3,(H,16,17). The summed E-state index contributed by atoms with van der Waals surface area (Å²) in [5.74, 6) is 0.0274. The van der Waals surface area contributed by atoms with E-state index in [-0.39, 0.29) is 17.7 Å². The van der Waals surface area contributed by atoms with Gasteiger partial charge >= 0.3 is 0 Å². The van der Waals surface area contributed by atoms with Crippen LogP contribution in [0.1, 0.15) is 25.5 Å². The first-order valence-electron chi connectivity index (χ1n) is 5.72. The van der Waals surface area contributed by atoms with E-state index in [1.807, 2.05) is 6.92 Å². The average Bonchev–Trinajstić information content (AvgIpc) is 2.29. The molecular formula is C13H17N3O2. The summed E-state index contributed by atoms with van der Waals surface area (Å²) in [6.07, 6.45) is 0. The van der Waals surface area contributed by atoms with E-state index in [4.69, 9.17) is 5.26 Å². The molecule has 0 bridgehead atoms. The molecule has 0 aliphatic carbocycles. The minimum absolute atomic E-state index is 0.0596. The van der Waals surface area contributed by atoms with Crippen LogP contribution >= 0.6 is 0 Å². The van der Waals surface area contributed by atoms with Crippen molar-refractivity contribution in [3.63, 3.8) is 0 Å². The zero-order valence-corrected chi connectivity index (χ0v) is 10.5. The lowest BCUT2D eigenvalue weighted by Crippen LogP contribution is -2.39. The molecule has 5 nitrogen and oxygen atoms in total. The fourth-order valence-electron chi connectivity index (χ4n) is 1.64. The van der Waals surface area contributed by atoms with Gasteiger partial charge in [0, 0.05) is 19.5 Å². The number of nitrogens with zero attached hydrogens (tertiary/aromatic N) is 1. The topological polar surface area (TPSA) is 85.2 Å². The predicted molar refractivity (Wildman–Crippen MR) is 67.7 cm³/mol. The molecule has 0 saturated carbocycles. The van der Waals surface area contributed by atoms with Crippen molar-refractivity contribution in [3.05, 3.63) is 29.8 Å². The Kier molecular flexibility index (Phi) is 5.15. The van der Waals surface area contributed by atoms with Gasteiger partial charge in [-0.3, -0.25) is 10.1 Å². The van der Waals surface area contributed by atoms with Gasteiger partial charge in [0.2, 0.25) is 5.91 Å². The molecule has 3 N–H and O–H groups in total. The van der Waals surface area contributed by atoms with Gasteiger partial charge < -0.3 is 10.4 Å². The SMILES string of the molecule is CC(=O)NC(C)CNC(C#N)c1cccc(O)c1. The predicted octanol–water partition coefficient (Wildman–Crippen LogP) is 1.07. The van der Waals surface area contributed by atoms with Crippen LogP contribution in [0.5, 0.6) is 5.75 Å². The summed E-state index contributed by atoms with van der Waals surface area (Å²) in [6, 6.07) is 8.11. The van der Waals surface area contributed by atoms with Crippen molar-refractivity contribution >= 4 is 5.91 Å². The van der Waals surface area contributed by atoms with Gasteiger partial charge in [-0.05, 0) is 24.6 Å². The lowest BCUT2D eigenvalue weighted by atomic mass is 10.1. The van der Waals surface area contributed by atoms with E-state index in [1.165, 1.54) is 6.92 Å². The third kappa shape index (κ3) is 4.44. The molecule has 0 aliphatic heterocycles. The van der Waals surface area contributed by atoms with Gasteiger partial charge in [0.15, 0.2) is 0 Å². The molecule has 18 heavy (non-hydrogen) atoms. The van der Waals surface area contributed by atoms with Crippen molar-refractivity contribution in [2.24, 2.45) is 0 Å². The molecule has 0 aliphatic rings. The van der Waals surface area contributed by atoms with Gasteiger partial charge in [0.05, 0.1) is 6.07 Å². The number of benzene rings is 1. The molecule has 1 rings (SSSR count). The molecule has 96 valence electrons. The molecule has 2 atom stereocenters. The van der Waals surface area contributed by atoms with E-state index in [2.05, 4.69) is 16.7 Å². The third-order valence-corrected chi connectivity index (χ3v) is 2.41. The Morgan fingerprint density at radius 1 is 1.56 bits per heavy atom. The molecular weight excluding hydrogens is 230 g/mol. The van der Waals surface area contributed by atoms with Crippen LogP contribution in [0.15, 0.2) is 24.3 Å². The summed E-state index contributed by atoms with van der Waals surface area (Å²) in [4.78, 5) is 10.8. The maximum atomic E-state index is 10.8. The number of aromatic hydroxyl groups is 1. The molecule has 1 aromatic carbocycles. The van der Waals surface area contributed by atoms with Gasteiger partial charge in [-0.15, -0.1) is 0 Å². The summed E-state index contributed by atoms with van der Waals surface area (Å²) in [7, 11) is 0. The number of rotatable bonds is 5. The molecule has 0 radical (unpaired) electrons.